The van der Waals surface area contributed by atoms with Crippen LogP contribution in [0, 0.1) is 5.82 Å². The maximum absolute atomic E-state index is 13.6. The smallest absolute Gasteiger partial charge is 0.340 e. The van der Waals surface area contributed by atoms with Crippen molar-refractivity contribution in [1.29, 1.82) is 0 Å². The second kappa shape index (κ2) is 7.11. The average Bonchev–Trinajstić information content (AvgIpc) is 2.39. The Hall–Kier alpha value is -1.42. The van der Waals surface area contributed by atoms with Gasteiger partial charge in [0.15, 0.2) is 0 Å². The van der Waals surface area contributed by atoms with E-state index < -0.39 is 11.8 Å². The molecule has 0 aliphatic heterocycles. The van der Waals surface area contributed by atoms with E-state index in [1.54, 1.807) is 6.07 Å². The summed E-state index contributed by atoms with van der Waals surface area (Å²) in [7, 11) is 1.24. The number of esters is 1. The SMILES string of the molecule is CCC(CC)NCc1ccc(C(=O)OC)c(F)c1. The fourth-order valence-corrected chi connectivity index (χ4v) is 1.78. The highest BCUT2D eigenvalue weighted by atomic mass is 19.1. The molecular formula is C14H20FNO2. The number of carbonyl (C=O) groups excluding carboxylic acids is 1. The molecule has 1 N–H and O–H groups in total. The minimum atomic E-state index is -0.646. The molecule has 0 saturated heterocycles. The van der Waals surface area contributed by atoms with Crippen molar-refractivity contribution in [3.8, 4) is 0 Å². The molecule has 0 bridgehead atoms. The van der Waals surface area contributed by atoms with Gasteiger partial charge in [0.25, 0.3) is 0 Å². The zero-order chi connectivity index (χ0) is 13.5. The average molecular weight is 253 g/mol. The van der Waals surface area contributed by atoms with Gasteiger partial charge in [0.2, 0.25) is 0 Å². The first kappa shape index (κ1) is 14.6. The Kier molecular flexibility index (Phi) is 5.78. The topological polar surface area (TPSA) is 38.3 Å². The fraction of sp³-hybridized carbons (Fsp3) is 0.500. The van der Waals surface area contributed by atoms with Gasteiger partial charge in [-0.2, -0.15) is 0 Å². The summed E-state index contributed by atoms with van der Waals surface area (Å²) in [5.41, 5.74) is 0.802. The van der Waals surface area contributed by atoms with Crippen molar-refractivity contribution >= 4 is 5.97 Å². The lowest BCUT2D eigenvalue weighted by Crippen LogP contribution is -2.27. The van der Waals surface area contributed by atoms with Crippen molar-refractivity contribution in [2.45, 2.75) is 39.3 Å². The molecule has 0 fully saturated rings. The summed E-state index contributed by atoms with van der Waals surface area (Å²) in [6.07, 6.45) is 2.08. The Morgan fingerprint density at radius 1 is 1.39 bits per heavy atom. The van der Waals surface area contributed by atoms with E-state index in [-0.39, 0.29) is 5.56 Å². The molecule has 1 aromatic rings. The van der Waals surface area contributed by atoms with Crippen molar-refractivity contribution in [2.75, 3.05) is 7.11 Å². The van der Waals surface area contributed by atoms with E-state index in [2.05, 4.69) is 23.9 Å². The quantitative estimate of drug-likeness (QED) is 0.792. The van der Waals surface area contributed by atoms with Crippen LogP contribution < -0.4 is 5.32 Å². The van der Waals surface area contributed by atoms with Gasteiger partial charge in [0.1, 0.15) is 5.82 Å². The molecule has 0 atom stereocenters. The molecule has 0 saturated carbocycles. The van der Waals surface area contributed by atoms with Gasteiger partial charge in [-0.25, -0.2) is 9.18 Å². The molecule has 0 amide bonds. The van der Waals surface area contributed by atoms with Gasteiger partial charge in [0, 0.05) is 12.6 Å². The first-order valence-electron chi connectivity index (χ1n) is 6.22. The van der Waals surface area contributed by atoms with Gasteiger partial charge >= 0.3 is 5.97 Å². The molecule has 0 aromatic heterocycles. The van der Waals surface area contributed by atoms with Crippen molar-refractivity contribution in [3.63, 3.8) is 0 Å². The third-order valence-corrected chi connectivity index (χ3v) is 3.02. The van der Waals surface area contributed by atoms with Crippen molar-refractivity contribution in [1.82, 2.24) is 5.32 Å². The summed E-state index contributed by atoms with van der Waals surface area (Å²) in [6.45, 7) is 4.83. The first-order valence-corrected chi connectivity index (χ1v) is 6.22. The molecule has 3 nitrogen and oxygen atoms in total. The van der Waals surface area contributed by atoms with Gasteiger partial charge in [-0.05, 0) is 30.5 Å². The summed E-state index contributed by atoms with van der Waals surface area (Å²) in [5.74, 6) is -1.18. The number of rotatable bonds is 6. The summed E-state index contributed by atoms with van der Waals surface area (Å²) in [4.78, 5) is 11.2. The number of methoxy groups -OCH3 is 1. The van der Waals surface area contributed by atoms with E-state index in [4.69, 9.17) is 0 Å². The van der Waals surface area contributed by atoms with Gasteiger partial charge < -0.3 is 10.1 Å². The van der Waals surface area contributed by atoms with Crippen LogP contribution >= 0.6 is 0 Å². The highest BCUT2D eigenvalue weighted by Crippen LogP contribution is 2.12. The predicted octanol–water partition coefficient (Wildman–Crippen LogP) is 2.89. The lowest BCUT2D eigenvalue weighted by molar-refractivity contribution is 0.0595. The minimum Gasteiger partial charge on any atom is -0.465 e. The predicted molar refractivity (Wildman–Crippen MR) is 68.9 cm³/mol. The Morgan fingerprint density at radius 2 is 2.06 bits per heavy atom. The lowest BCUT2D eigenvalue weighted by atomic mass is 10.1. The molecule has 18 heavy (non-hydrogen) atoms. The monoisotopic (exact) mass is 253 g/mol. The largest absolute Gasteiger partial charge is 0.465 e. The number of halogens is 1. The van der Waals surface area contributed by atoms with Gasteiger partial charge in [-0.1, -0.05) is 19.9 Å². The summed E-state index contributed by atoms with van der Waals surface area (Å²) in [5, 5.41) is 3.34. The molecular weight excluding hydrogens is 233 g/mol. The van der Waals surface area contributed by atoms with Crippen molar-refractivity contribution in [3.05, 3.63) is 35.1 Å². The number of hydrogen-bond donors (Lipinski definition) is 1. The van der Waals surface area contributed by atoms with Crippen LogP contribution in [0.15, 0.2) is 18.2 Å². The molecule has 0 aliphatic carbocycles. The summed E-state index contributed by atoms with van der Waals surface area (Å²) in [6, 6.07) is 5.02. The van der Waals surface area contributed by atoms with Crippen LogP contribution in [0.25, 0.3) is 0 Å². The van der Waals surface area contributed by atoms with Crippen LogP contribution in [0.4, 0.5) is 4.39 Å². The number of carbonyl (C=O) groups is 1. The molecule has 1 aromatic carbocycles. The van der Waals surface area contributed by atoms with E-state index in [0.717, 1.165) is 18.4 Å². The number of ether oxygens (including phenoxy) is 1. The van der Waals surface area contributed by atoms with Crippen molar-refractivity contribution in [2.24, 2.45) is 0 Å². The maximum atomic E-state index is 13.6. The molecule has 0 unspecified atom stereocenters. The molecule has 0 spiro atoms. The van der Waals surface area contributed by atoms with Crippen LogP contribution in [-0.4, -0.2) is 19.1 Å². The van der Waals surface area contributed by atoms with E-state index in [0.29, 0.717) is 12.6 Å². The lowest BCUT2D eigenvalue weighted by Gasteiger charge is -2.14. The van der Waals surface area contributed by atoms with Crippen LogP contribution in [0.5, 0.6) is 0 Å². The van der Waals surface area contributed by atoms with E-state index in [1.807, 2.05) is 0 Å². The Bertz CT molecular complexity index is 403. The number of benzene rings is 1. The number of hydrogen-bond acceptors (Lipinski definition) is 3. The fourth-order valence-electron chi connectivity index (χ4n) is 1.78. The molecule has 1 rings (SSSR count). The minimum absolute atomic E-state index is 0.0243. The molecule has 4 heteroatoms. The molecule has 0 aliphatic rings. The van der Waals surface area contributed by atoms with E-state index >= 15 is 0 Å². The summed E-state index contributed by atoms with van der Waals surface area (Å²) < 4.78 is 18.1. The first-order chi connectivity index (χ1) is 8.62. The van der Waals surface area contributed by atoms with Crippen LogP contribution in [0.1, 0.15) is 42.6 Å². The van der Waals surface area contributed by atoms with E-state index in [9.17, 15) is 9.18 Å². The van der Waals surface area contributed by atoms with Crippen molar-refractivity contribution < 1.29 is 13.9 Å². The van der Waals surface area contributed by atoms with Gasteiger partial charge in [-0.15, -0.1) is 0 Å². The van der Waals surface area contributed by atoms with Gasteiger partial charge in [-0.3, -0.25) is 0 Å². The highest BCUT2D eigenvalue weighted by Gasteiger charge is 2.12. The third-order valence-electron chi connectivity index (χ3n) is 3.02. The Labute approximate surface area is 107 Å². The second-order valence-corrected chi connectivity index (χ2v) is 4.20. The zero-order valence-electron chi connectivity index (χ0n) is 11.1. The molecule has 0 radical (unpaired) electrons. The van der Waals surface area contributed by atoms with Gasteiger partial charge in [0.05, 0.1) is 12.7 Å². The summed E-state index contributed by atoms with van der Waals surface area (Å²) >= 11 is 0. The third kappa shape index (κ3) is 3.81. The zero-order valence-corrected chi connectivity index (χ0v) is 11.1. The Morgan fingerprint density at radius 3 is 2.56 bits per heavy atom. The van der Waals surface area contributed by atoms with Crippen LogP contribution in [0.2, 0.25) is 0 Å². The Balaban J connectivity index is 2.70. The standard InChI is InChI=1S/C14H20FNO2/c1-4-11(5-2)16-9-10-6-7-12(13(15)8-10)14(17)18-3/h6-8,11,16H,4-5,9H2,1-3H3. The van der Waals surface area contributed by atoms with Crippen LogP contribution in [0.3, 0.4) is 0 Å². The molecule has 100 valence electrons. The van der Waals surface area contributed by atoms with E-state index in [1.165, 1.54) is 19.2 Å². The second-order valence-electron chi connectivity index (χ2n) is 4.20. The number of nitrogens with one attached hydrogen (secondary N) is 1. The maximum Gasteiger partial charge on any atom is 0.340 e. The van der Waals surface area contributed by atoms with Crippen LogP contribution in [-0.2, 0) is 11.3 Å². The highest BCUT2D eigenvalue weighted by molar-refractivity contribution is 5.89. The molecule has 0 heterocycles. The normalized spacial score (nSPS) is 10.7.